The average Bonchev–Trinajstić information content (AvgIpc) is 3.16. The third kappa shape index (κ3) is 5.33. The molecule has 0 saturated carbocycles. The first-order valence-electron chi connectivity index (χ1n) is 9.70. The van der Waals surface area contributed by atoms with Crippen LogP contribution in [0.3, 0.4) is 0 Å². The lowest BCUT2D eigenvalue weighted by Crippen LogP contribution is -2.41. The van der Waals surface area contributed by atoms with Crippen molar-refractivity contribution in [2.45, 2.75) is 24.2 Å². The molecule has 2 heterocycles. The summed E-state index contributed by atoms with van der Waals surface area (Å²) in [6.07, 6.45) is 0.884. The van der Waals surface area contributed by atoms with Crippen molar-refractivity contribution < 1.29 is 27.5 Å². The number of benzene rings is 1. The van der Waals surface area contributed by atoms with Crippen molar-refractivity contribution in [1.29, 1.82) is 0 Å². The van der Waals surface area contributed by atoms with Gasteiger partial charge < -0.3 is 19.3 Å². The number of nitrogens with zero attached hydrogens (tertiary/aromatic N) is 2. The standard InChI is InChI=1S/C19H27N3O6S/c1-27-11-7-20-29(25,26)16-2-3-17-15(14-16)6-8-22(17)19(24)5-4-18(23)21-9-12-28-13-10-21/h2-3,14,20H,4-13H2,1H3. The van der Waals surface area contributed by atoms with Gasteiger partial charge in [-0.05, 0) is 30.2 Å². The molecule has 1 N–H and O–H groups in total. The van der Waals surface area contributed by atoms with Crippen molar-refractivity contribution in [2.24, 2.45) is 0 Å². The number of carbonyl (C=O) groups is 2. The third-order valence-corrected chi connectivity index (χ3v) is 6.53. The number of methoxy groups -OCH3 is 1. The molecule has 2 amide bonds. The zero-order valence-corrected chi connectivity index (χ0v) is 17.4. The summed E-state index contributed by atoms with van der Waals surface area (Å²) in [7, 11) is -2.12. The number of hydrogen-bond donors (Lipinski definition) is 1. The quantitative estimate of drug-likeness (QED) is 0.594. The van der Waals surface area contributed by atoms with Gasteiger partial charge in [-0.2, -0.15) is 0 Å². The summed E-state index contributed by atoms with van der Waals surface area (Å²) in [6.45, 7) is 3.16. The van der Waals surface area contributed by atoms with Crippen molar-refractivity contribution in [3.05, 3.63) is 23.8 Å². The highest BCUT2D eigenvalue weighted by Gasteiger charge is 2.27. The normalized spacial score (nSPS) is 16.7. The molecule has 2 aliphatic heterocycles. The second-order valence-electron chi connectivity index (χ2n) is 6.97. The minimum Gasteiger partial charge on any atom is -0.383 e. The Morgan fingerprint density at radius 1 is 1.14 bits per heavy atom. The number of nitrogens with one attached hydrogen (secondary N) is 1. The maximum absolute atomic E-state index is 12.6. The monoisotopic (exact) mass is 425 g/mol. The van der Waals surface area contributed by atoms with E-state index in [4.69, 9.17) is 9.47 Å². The van der Waals surface area contributed by atoms with Crippen LogP contribution in [0.15, 0.2) is 23.1 Å². The first-order valence-corrected chi connectivity index (χ1v) is 11.2. The lowest BCUT2D eigenvalue weighted by Gasteiger charge is -2.27. The van der Waals surface area contributed by atoms with Crippen LogP contribution in [-0.2, 0) is 35.5 Å². The molecule has 0 atom stereocenters. The number of sulfonamides is 1. The predicted molar refractivity (Wildman–Crippen MR) is 106 cm³/mol. The molecule has 0 spiro atoms. The fourth-order valence-electron chi connectivity index (χ4n) is 3.49. The van der Waals surface area contributed by atoms with Crippen LogP contribution in [0.5, 0.6) is 0 Å². The molecule has 0 aromatic heterocycles. The fraction of sp³-hybridized carbons (Fsp3) is 0.579. The Morgan fingerprint density at radius 3 is 2.59 bits per heavy atom. The van der Waals surface area contributed by atoms with Crippen molar-refractivity contribution in [3.63, 3.8) is 0 Å². The summed E-state index contributed by atoms with van der Waals surface area (Å²) in [4.78, 5) is 28.4. The smallest absolute Gasteiger partial charge is 0.240 e. The van der Waals surface area contributed by atoms with Crippen LogP contribution < -0.4 is 9.62 Å². The number of hydrogen-bond acceptors (Lipinski definition) is 6. The summed E-state index contributed by atoms with van der Waals surface area (Å²) in [5.74, 6) is -0.163. The molecule has 0 radical (unpaired) electrons. The molecule has 160 valence electrons. The Bertz CT molecular complexity index is 852. The number of anilines is 1. The van der Waals surface area contributed by atoms with E-state index in [1.807, 2.05) is 0 Å². The van der Waals surface area contributed by atoms with Crippen LogP contribution in [0.1, 0.15) is 18.4 Å². The molecule has 1 saturated heterocycles. The molecule has 10 heteroatoms. The highest BCUT2D eigenvalue weighted by atomic mass is 32.2. The van der Waals surface area contributed by atoms with Gasteiger partial charge in [-0.25, -0.2) is 13.1 Å². The number of fused-ring (bicyclic) bond motifs is 1. The highest BCUT2D eigenvalue weighted by molar-refractivity contribution is 7.89. The molecule has 1 fully saturated rings. The van der Waals surface area contributed by atoms with Gasteiger partial charge in [-0.15, -0.1) is 0 Å². The van der Waals surface area contributed by atoms with Crippen LogP contribution in [0.4, 0.5) is 5.69 Å². The SMILES string of the molecule is COCCNS(=O)(=O)c1ccc2c(c1)CCN2C(=O)CCC(=O)N1CCOCC1. The van der Waals surface area contributed by atoms with E-state index in [0.717, 1.165) is 5.56 Å². The largest absolute Gasteiger partial charge is 0.383 e. The number of morpholine rings is 1. The van der Waals surface area contributed by atoms with Crippen molar-refractivity contribution in [1.82, 2.24) is 9.62 Å². The molecule has 2 aliphatic rings. The van der Waals surface area contributed by atoms with Crippen LogP contribution in [0.2, 0.25) is 0 Å². The van der Waals surface area contributed by atoms with Crippen LogP contribution in [0.25, 0.3) is 0 Å². The van der Waals surface area contributed by atoms with Crippen molar-refractivity contribution in [3.8, 4) is 0 Å². The molecular weight excluding hydrogens is 398 g/mol. The van der Waals surface area contributed by atoms with E-state index >= 15 is 0 Å². The van der Waals surface area contributed by atoms with E-state index in [1.165, 1.54) is 13.2 Å². The molecule has 0 unspecified atom stereocenters. The van der Waals surface area contributed by atoms with E-state index in [2.05, 4.69) is 4.72 Å². The Hall–Kier alpha value is -2.01. The first-order chi connectivity index (χ1) is 13.9. The van der Waals surface area contributed by atoms with Gasteiger partial charge in [0.05, 0.1) is 24.7 Å². The minimum absolute atomic E-state index is 0.0374. The van der Waals surface area contributed by atoms with E-state index in [1.54, 1.807) is 21.9 Å². The van der Waals surface area contributed by atoms with Crippen LogP contribution in [-0.4, -0.2) is 78.2 Å². The summed E-state index contributed by atoms with van der Waals surface area (Å²) in [5, 5.41) is 0. The average molecular weight is 426 g/mol. The fourth-order valence-corrected chi connectivity index (χ4v) is 4.55. The topological polar surface area (TPSA) is 105 Å². The Balaban J connectivity index is 1.60. The lowest BCUT2D eigenvalue weighted by atomic mass is 10.2. The van der Waals surface area contributed by atoms with Gasteiger partial charge in [-0.3, -0.25) is 9.59 Å². The summed E-state index contributed by atoms with van der Waals surface area (Å²) in [5.41, 5.74) is 1.53. The van der Waals surface area contributed by atoms with Gasteiger partial charge in [0.15, 0.2) is 0 Å². The minimum atomic E-state index is -3.62. The molecule has 29 heavy (non-hydrogen) atoms. The first kappa shape index (κ1) is 21.7. The summed E-state index contributed by atoms with van der Waals surface area (Å²) in [6, 6.07) is 4.77. The second kappa shape index (κ2) is 9.66. The summed E-state index contributed by atoms with van der Waals surface area (Å²) >= 11 is 0. The maximum Gasteiger partial charge on any atom is 0.240 e. The van der Waals surface area contributed by atoms with Gasteiger partial charge >= 0.3 is 0 Å². The van der Waals surface area contributed by atoms with E-state index in [-0.39, 0.29) is 42.7 Å². The van der Waals surface area contributed by atoms with Crippen LogP contribution >= 0.6 is 0 Å². The summed E-state index contributed by atoms with van der Waals surface area (Å²) < 4.78 is 37.3. The lowest BCUT2D eigenvalue weighted by molar-refractivity contribution is -0.136. The van der Waals surface area contributed by atoms with E-state index in [9.17, 15) is 18.0 Å². The molecule has 1 aromatic carbocycles. The number of ether oxygens (including phenoxy) is 2. The molecule has 0 bridgehead atoms. The van der Waals surface area contributed by atoms with Gasteiger partial charge in [0.1, 0.15) is 0 Å². The molecular formula is C19H27N3O6S. The van der Waals surface area contributed by atoms with Crippen molar-refractivity contribution in [2.75, 3.05) is 58.0 Å². The zero-order valence-electron chi connectivity index (χ0n) is 16.6. The second-order valence-corrected chi connectivity index (χ2v) is 8.74. The van der Waals surface area contributed by atoms with Crippen molar-refractivity contribution >= 4 is 27.5 Å². The Labute approximate surface area is 171 Å². The zero-order chi connectivity index (χ0) is 20.9. The number of amides is 2. The molecule has 9 nitrogen and oxygen atoms in total. The maximum atomic E-state index is 12.6. The van der Waals surface area contributed by atoms with Gasteiger partial charge in [-0.1, -0.05) is 0 Å². The number of rotatable bonds is 8. The molecule has 3 rings (SSSR count). The molecule has 0 aliphatic carbocycles. The predicted octanol–water partition coefficient (Wildman–Crippen LogP) is 0.139. The Morgan fingerprint density at radius 2 is 1.86 bits per heavy atom. The van der Waals surface area contributed by atoms with Crippen LogP contribution in [0, 0.1) is 0 Å². The third-order valence-electron chi connectivity index (χ3n) is 5.07. The van der Waals surface area contributed by atoms with Gasteiger partial charge in [0.2, 0.25) is 21.8 Å². The van der Waals surface area contributed by atoms with Gasteiger partial charge in [0, 0.05) is 51.8 Å². The highest BCUT2D eigenvalue weighted by Crippen LogP contribution is 2.30. The van der Waals surface area contributed by atoms with E-state index < -0.39 is 10.0 Å². The number of carbonyl (C=O) groups excluding carboxylic acids is 2. The van der Waals surface area contributed by atoms with Gasteiger partial charge in [0.25, 0.3) is 0 Å². The molecule has 1 aromatic rings. The van der Waals surface area contributed by atoms with E-state index in [0.29, 0.717) is 45.0 Å². The Kier molecular flexibility index (Phi) is 7.23.